The highest BCUT2D eigenvalue weighted by atomic mass is 16.5. The molecule has 0 aliphatic carbocycles. The van der Waals surface area contributed by atoms with Crippen LogP contribution in [0.25, 0.3) is 0 Å². The van der Waals surface area contributed by atoms with Gasteiger partial charge in [0.2, 0.25) is 0 Å². The van der Waals surface area contributed by atoms with E-state index in [-0.39, 0.29) is 5.60 Å². The minimum atomic E-state index is -0.320. The van der Waals surface area contributed by atoms with E-state index in [0.717, 1.165) is 41.7 Å². The van der Waals surface area contributed by atoms with Crippen LogP contribution < -0.4 is 4.74 Å². The Morgan fingerprint density at radius 2 is 1.96 bits per heavy atom. The molecule has 2 heteroatoms. The van der Waals surface area contributed by atoms with E-state index in [1.807, 2.05) is 6.92 Å². The summed E-state index contributed by atoms with van der Waals surface area (Å²) in [6, 6.07) is 2.08. The maximum Gasteiger partial charge on any atom is 0.127 e. The average Bonchev–Trinajstić information content (AvgIpc) is 2.45. The summed E-state index contributed by atoms with van der Waals surface area (Å²) in [7, 11) is 0. The van der Waals surface area contributed by atoms with Gasteiger partial charge in [0.15, 0.2) is 0 Å². The molecule has 1 aliphatic rings. The quantitative estimate of drug-likeness (QED) is 0.558. The highest BCUT2D eigenvalue weighted by Crippen LogP contribution is 2.42. The van der Waals surface area contributed by atoms with Crippen molar-refractivity contribution in [1.82, 2.24) is 0 Å². The standard InChI is InChI=1S/C22H30O2/c1-15(2)8-7-12-22(6)13-11-19-20(24-22)14-17(5)18(21(19)23)10-9-16(3)4/h7-9,12,14,23H,10-11,13H2,1-6H3/t22-/m0/s1. The molecule has 0 spiro atoms. The minimum Gasteiger partial charge on any atom is -0.507 e. The first-order valence-electron chi connectivity index (χ1n) is 8.71. The number of hydrogen-bond acceptors (Lipinski definition) is 2. The fourth-order valence-corrected chi connectivity index (χ4v) is 2.99. The molecular formula is C22H30O2. The molecule has 130 valence electrons. The number of aromatic hydroxyl groups is 1. The summed E-state index contributed by atoms with van der Waals surface area (Å²) >= 11 is 0. The predicted molar refractivity (Wildman–Crippen MR) is 102 cm³/mol. The second-order valence-electron chi connectivity index (χ2n) is 7.50. The van der Waals surface area contributed by atoms with E-state index in [1.165, 1.54) is 11.1 Å². The van der Waals surface area contributed by atoms with Gasteiger partial charge in [-0.1, -0.05) is 29.4 Å². The van der Waals surface area contributed by atoms with Crippen LogP contribution in [0.5, 0.6) is 11.5 Å². The molecule has 0 saturated heterocycles. The topological polar surface area (TPSA) is 29.5 Å². The zero-order valence-corrected chi connectivity index (χ0v) is 15.9. The number of benzene rings is 1. The van der Waals surface area contributed by atoms with Crippen LogP contribution in [0.2, 0.25) is 0 Å². The van der Waals surface area contributed by atoms with Crippen molar-refractivity contribution in [3.63, 3.8) is 0 Å². The van der Waals surface area contributed by atoms with E-state index >= 15 is 0 Å². The molecule has 0 radical (unpaired) electrons. The zero-order chi connectivity index (χ0) is 17.9. The fourth-order valence-electron chi connectivity index (χ4n) is 2.99. The molecule has 24 heavy (non-hydrogen) atoms. The first-order valence-corrected chi connectivity index (χ1v) is 8.71. The molecule has 1 aliphatic heterocycles. The summed E-state index contributed by atoms with van der Waals surface area (Å²) in [6.07, 6.45) is 10.9. The third-order valence-electron chi connectivity index (χ3n) is 4.50. The number of phenolic OH excluding ortho intramolecular Hbond substituents is 1. The van der Waals surface area contributed by atoms with Crippen molar-refractivity contribution in [3.05, 3.63) is 58.2 Å². The molecule has 1 heterocycles. The largest absolute Gasteiger partial charge is 0.507 e. The van der Waals surface area contributed by atoms with Crippen molar-refractivity contribution in [1.29, 1.82) is 0 Å². The SMILES string of the molecule is CC(C)=CC=C[C@@]1(C)CCc2c(cc(C)c(CC=C(C)C)c2O)O1. The molecule has 1 aromatic rings. The van der Waals surface area contributed by atoms with Crippen LogP contribution in [0.1, 0.15) is 57.7 Å². The number of phenols is 1. The van der Waals surface area contributed by atoms with Crippen molar-refractivity contribution in [2.24, 2.45) is 0 Å². The Labute approximate surface area is 146 Å². The Kier molecular flexibility index (Phi) is 5.58. The molecule has 0 fully saturated rings. The van der Waals surface area contributed by atoms with Crippen molar-refractivity contribution in [3.8, 4) is 11.5 Å². The van der Waals surface area contributed by atoms with Gasteiger partial charge in [0.1, 0.15) is 17.1 Å². The van der Waals surface area contributed by atoms with E-state index in [4.69, 9.17) is 4.74 Å². The highest BCUT2D eigenvalue weighted by molar-refractivity contribution is 5.55. The molecule has 0 saturated carbocycles. The molecule has 1 N–H and O–H groups in total. The van der Waals surface area contributed by atoms with Gasteiger partial charge in [0.05, 0.1) is 0 Å². The van der Waals surface area contributed by atoms with Crippen molar-refractivity contribution >= 4 is 0 Å². The summed E-state index contributed by atoms with van der Waals surface area (Å²) in [5.41, 5.74) is 5.26. The summed E-state index contributed by atoms with van der Waals surface area (Å²) in [5.74, 6) is 1.24. The number of rotatable bonds is 4. The van der Waals surface area contributed by atoms with Crippen molar-refractivity contribution in [2.45, 2.75) is 66.4 Å². The van der Waals surface area contributed by atoms with Crippen LogP contribution in [0.3, 0.4) is 0 Å². The van der Waals surface area contributed by atoms with E-state index in [2.05, 4.69) is 65.0 Å². The van der Waals surface area contributed by atoms with Crippen LogP contribution in [-0.4, -0.2) is 10.7 Å². The van der Waals surface area contributed by atoms with Crippen molar-refractivity contribution < 1.29 is 9.84 Å². The van der Waals surface area contributed by atoms with Gasteiger partial charge in [-0.25, -0.2) is 0 Å². The Morgan fingerprint density at radius 1 is 1.25 bits per heavy atom. The minimum absolute atomic E-state index is 0.320. The normalized spacial score (nSPS) is 19.6. The van der Waals surface area contributed by atoms with Gasteiger partial charge in [0, 0.05) is 11.1 Å². The van der Waals surface area contributed by atoms with Gasteiger partial charge >= 0.3 is 0 Å². The predicted octanol–water partition coefficient (Wildman–Crippen LogP) is 5.82. The van der Waals surface area contributed by atoms with Gasteiger partial charge in [-0.15, -0.1) is 0 Å². The second-order valence-corrected chi connectivity index (χ2v) is 7.50. The summed E-state index contributed by atoms with van der Waals surface area (Å²) in [4.78, 5) is 0. The summed E-state index contributed by atoms with van der Waals surface area (Å²) < 4.78 is 6.25. The molecule has 0 amide bonds. The number of aryl methyl sites for hydroxylation is 1. The Hall–Kier alpha value is -1.96. The molecular weight excluding hydrogens is 296 g/mol. The van der Waals surface area contributed by atoms with Crippen LogP contribution in [0.4, 0.5) is 0 Å². The molecule has 0 bridgehead atoms. The first kappa shape index (κ1) is 18.4. The maximum atomic E-state index is 10.7. The third kappa shape index (κ3) is 4.31. The monoisotopic (exact) mass is 326 g/mol. The van der Waals surface area contributed by atoms with Crippen molar-refractivity contribution in [2.75, 3.05) is 0 Å². The Bertz CT molecular complexity index is 699. The van der Waals surface area contributed by atoms with E-state index in [1.54, 1.807) is 0 Å². The van der Waals surface area contributed by atoms with Gasteiger partial charge in [-0.2, -0.15) is 0 Å². The summed E-state index contributed by atoms with van der Waals surface area (Å²) in [6.45, 7) is 12.5. The lowest BCUT2D eigenvalue weighted by Gasteiger charge is -2.34. The smallest absolute Gasteiger partial charge is 0.127 e. The number of fused-ring (bicyclic) bond motifs is 1. The first-order chi connectivity index (χ1) is 11.2. The Balaban J connectivity index is 2.32. The lowest BCUT2D eigenvalue weighted by Crippen LogP contribution is -2.34. The van der Waals surface area contributed by atoms with Gasteiger partial charge < -0.3 is 9.84 Å². The van der Waals surface area contributed by atoms with E-state index in [0.29, 0.717) is 5.75 Å². The second kappa shape index (κ2) is 7.29. The van der Waals surface area contributed by atoms with Gasteiger partial charge in [-0.05, 0) is 78.5 Å². The molecule has 2 rings (SSSR count). The maximum absolute atomic E-state index is 10.7. The lowest BCUT2D eigenvalue weighted by molar-refractivity contribution is 0.113. The number of hydrogen-bond donors (Lipinski definition) is 1. The van der Waals surface area contributed by atoms with Crippen LogP contribution >= 0.6 is 0 Å². The van der Waals surface area contributed by atoms with Gasteiger partial charge in [-0.3, -0.25) is 0 Å². The molecule has 2 nitrogen and oxygen atoms in total. The van der Waals surface area contributed by atoms with E-state index < -0.39 is 0 Å². The molecule has 0 aromatic heterocycles. The highest BCUT2D eigenvalue weighted by Gasteiger charge is 2.31. The molecule has 1 atom stereocenters. The van der Waals surface area contributed by atoms with Gasteiger partial charge in [0.25, 0.3) is 0 Å². The number of allylic oxidation sites excluding steroid dienone is 5. The van der Waals surface area contributed by atoms with Crippen LogP contribution in [0.15, 0.2) is 41.5 Å². The lowest BCUT2D eigenvalue weighted by atomic mass is 9.88. The molecule has 1 aromatic carbocycles. The Morgan fingerprint density at radius 3 is 2.58 bits per heavy atom. The van der Waals surface area contributed by atoms with Crippen LogP contribution in [0, 0.1) is 6.92 Å². The molecule has 0 unspecified atom stereocenters. The van der Waals surface area contributed by atoms with E-state index in [9.17, 15) is 5.11 Å². The number of ether oxygens (including phenoxy) is 1. The third-order valence-corrected chi connectivity index (χ3v) is 4.50. The summed E-state index contributed by atoms with van der Waals surface area (Å²) in [5, 5.41) is 10.7. The van der Waals surface area contributed by atoms with Crippen LogP contribution in [-0.2, 0) is 12.8 Å². The zero-order valence-electron chi connectivity index (χ0n) is 15.9. The fraction of sp³-hybridized carbons (Fsp3) is 0.455. The average molecular weight is 326 g/mol.